The summed E-state index contributed by atoms with van der Waals surface area (Å²) in [5.74, 6) is 0.116. The van der Waals surface area contributed by atoms with E-state index in [1.165, 1.54) is 13.2 Å². The van der Waals surface area contributed by atoms with Gasteiger partial charge in [-0.3, -0.25) is 0 Å². The van der Waals surface area contributed by atoms with Crippen LogP contribution in [0.1, 0.15) is 5.69 Å². The fraction of sp³-hybridized carbons (Fsp3) is 0.222. The second kappa shape index (κ2) is 4.17. The quantitative estimate of drug-likeness (QED) is 0.878. The van der Waals surface area contributed by atoms with Crippen molar-refractivity contribution in [3.8, 4) is 11.7 Å². The van der Waals surface area contributed by atoms with Crippen LogP contribution in [-0.2, 0) is 6.18 Å². The van der Waals surface area contributed by atoms with Gasteiger partial charge in [0, 0.05) is 12.3 Å². The van der Waals surface area contributed by atoms with E-state index < -0.39 is 11.9 Å². The maximum absolute atomic E-state index is 12.4. The molecule has 9 heteroatoms. The fourth-order valence-corrected chi connectivity index (χ4v) is 1.25. The molecule has 0 aliphatic carbocycles. The molecule has 0 saturated heterocycles. The van der Waals surface area contributed by atoms with Gasteiger partial charge in [-0.2, -0.15) is 28.2 Å². The van der Waals surface area contributed by atoms with Crippen LogP contribution in [0.3, 0.4) is 0 Å². The molecule has 2 aromatic heterocycles. The number of halogens is 3. The van der Waals surface area contributed by atoms with Crippen molar-refractivity contribution in [3.05, 3.63) is 24.0 Å². The Bertz CT molecular complexity index is 566. The van der Waals surface area contributed by atoms with E-state index in [0.717, 1.165) is 16.9 Å². The van der Waals surface area contributed by atoms with Crippen LogP contribution in [0.4, 0.5) is 19.1 Å². The van der Waals surface area contributed by atoms with Crippen molar-refractivity contribution in [2.45, 2.75) is 6.18 Å². The summed E-state index contributed by atoms with van der Waals surface area (Å²) in [5, 5.41) is 3.36. The van der Waals surface area contributed by atoms with E-state index in [1.54, 1.807) is 0 Å². The van der Waals surface area contributed by atoms with Gasteiger partial charge in [-0.1, -0.05) is 0 Å². The Kier molecular flexibility index (Phi) is 2.81. The summed E-state index contributed by atoms with van der Waals surface area (Å²) in [5.41, 5.74) is 4.38. The Labute approximate surface area is 99.2 Å². The largest absolute Gasteiger partial charge is 0.481 e. The fourth-order valence-electron chi connectivity index (χ4n) is 1.25. The number of methoxy groups -OCH3 is 1. The average Bonchev–Trinajstić information content (AvgIpc) is 2.77. The molecular formula is C9H8F3N5O. The Hall–Kier alpha value is -2.32. The smallest absolute Gasteiger partial charge is 0.435 e. The van der Waals surface area contributed by atoms with E-state index in [1.807, 2.05) is 0 Å². The highest BCUT2D eigenvalue weighted by Gasteiger charge is 2.33. The molecule has 0 amide bonds. The Balaban J connectivity index is 2.43. The number of anilines is 1. The molecule has 0 atom stereocenters. The molecule has 0 fully saturated rings. The zero-order chi connectivity index (χ0) is 13.3. The molecule has 18 heavy (non-hydrogen) atoms. The summed E-state index contributed by atoms with van der Waals surface area (Å²) in [6, 6.07) is 2.16. The molecule has 0 aliphatic rings. The van der Waals surface area contributed by atoms with Gasteiger partial charge < -0.3 is 10.5 Å². The van der Waals surface area contributed by atoms with Crippen molar-refractivity contribution >= 4 is 5.95 Å². The number of hydrogen-bond acceptors (Lipinski definition) is 5. The van der Waals surface area contributed by atoms with Crippen molar-refractivity contribution in [1.29, 1.82) is 0 Å². The van der Waals surface area contributed by atoms with Gasteiger partial charge >= 0.3 is 6.18 Å². The van der Waals surface area contributed by atoms with Crippen LogP contribution >= 0.6 is 0 Å². The molecule has 0 aromatic carbocycles. The third kappa shape index (κ3) is 2.34. The lowest BCUT2D eigenvalue weighted by atomic mass is 10.4. The second-order valence-corrected chi connectivity index (χ2v) is 3.27. The highest BCUT2D eigenvalue weighted by molar-refractivity contribution is 5.34. The van der Waals surface area contributed by atoms with Gasteiger partial charge in [0.1, 0.15) is 0 Å². The Morgan fingerprint density at radius 3 is 2.61 bits per heavy atom. The molecule has 0 radical (unpaired) electrons. The first-order chi connectivity index (χ1) is 8.40. The molecule has 2 heterocycles. The minimum atomic E-state index is -4.51. The van der Waals surface area contributed by atoms with Gasteiger partial charge in [0.05, 0.1) is 7.11 Å². The normalized spacial score (nSPS) is 11.6. The number of nitrogens with two attached hydrogens (primary N) is 1. The lowest BCUT2D eigenvalue weighted by Gasteiger charge is -2.05. The molecule has 6 nitrogen and oxygen atoms in total. The minimum Gasteiger partial charge on any atom is -0.481 e. The molecule has 2 rings (SSSR count). The second-order valence-electron chi connectivity index (χ2n) is 3.27. The first-order valence-corrected chi connectivity index (χ1v) is 4.72. The van der Waals surface area contributed by atoms with Crippen molar-refractivity contribution in [1.82, 2.24) is 19.7 Å². The van der Waals surface area contributed by atoms with E-state index in [4.69, 9.17) is 10.5 Å². The maximum Gasteiger partial charge on any atom is 0.435 e. The zero-order valence-corrected chi connectivity index (χ0v) is 9.14. The van der Waals surface area contributed by atoms with E-state index in [-0.39, 0.29) is 17.6 Å². The molecule has 0 saturated carbocycles. The predicted octanol–water partition coefficient (Wildman–Crippen LogP) is 1.27. The van der Waals surface area contributed by atoms with Gasteiger partial charge in [-0.05, 0) is 6.07 Å². The van der Waals surface area contributed by atoms with E-state index in [2.05, 4.69) is 15.1 Å². The van der Waals surface area contributed by atoms with E-state index >= 15 is 0 Å². The standard InChI is InChI=1S/C9H8F3N5O/c1-18-7-4-6(14-8(13)15-7)17-3-2-5(16-17)9(10,11)12/h2-4H,1H3,(H2,13,14,15). The topological polar surface area (TPSA) is 78.8 Å². The summed E-state index contributed by atoms with van der Waals surface area (Å²) in [7, 11) is 1.36. The van der Waals surface area contributed by atoms with E-state index in [0.29, 0.717) is 0 Å². The van der Waals surface area contributed by atoms with Gasteiger partial charge in [0.25, 0.3) is 0 Å². The van der Waals surface area contributed by atoms with Crippen LogP contribution < -0.4 is 10.5 Å². The summed E-state index contributed by atoms with van der Waals surface area (Å²) in [6.45, 7) is 0. The van der Waals surface area contributed by atoms with Crippen molar-refractivity contribution in [3.63, 3.8) is 0 Å². The Morgan fingerprint density at radius 2 is 2.06 bits per heavy atom. The zero-order valence-electron chi connectivity index (χ0n) is 9.14. The van der Waals surface area contributed by atoms with Crippen molar-refractivity contribution in [2.75, 3.05) is 12.8 Å². The molecule has 96 valence electrons. The lowest BCUT2D eigenvalue weighted by molar-refractivity contribution is -0.141. The van der Waals surface area contributed by atoms with Gasteiger partial charge in [0.2, 0.25) is 11.8 Å². The van der Waals surface area contributed by atoms with Crippen LogP contribution in [0.15, 0.2) is 18.3 Å². The van der Waals surface area contributed by atoms with Gasteiger partial charge in [-0.25, -0.2) is 4.68 Å². The number of aromatic nitrogens is 4. The number of rotatable bonds is 2. The number of nitrogen functional groups attached to an aromatic ring is 1. The molecule has 2 N–H and O–H groups in total. The number of nitrogens with zero attached hydrogens (tertiary/aromatic N) is 4. The first kappa shape index (κ1) is 12.1. The van der Waals surface area contributed by atoms with Crippen LogP contribution in [0, 0.1) is 0 Å². The molecule has 0 bridgehead atoms. The molecular weight excluding hydrogens is 251 g/mol. The third-order valence-electron chi connectivity index (χ3n) is 2.03. The summed E-state index contributed by atoms with van der Waals surface area (Å²) >= 11 is 0. The molecule has 0 aliphatic heterocycles. The highest BCUT2D eigenvalue weighted by Crippen LogP contribution is 2.27. The van der Waals surface area contributed by atoms with Crippen LogP contribution in [0.25, 0.3) is 5.82 Å². The summed E-state index contributed by atoms with van der Waals surface area (Å²) in [6.07, 6.45) is -3.38. The van der Waals surface area contributed by atoms with Crippen LogP contribution in [-0.4, -0.2) is 26.9 Å². The molecule has 0 spiro atoms. The monoisotopic (exact) mass is 259 g/mol. The molecule has 2 aromatic rings. The summed E-state index contributed by atoms with van der Waals surface area (Å²) in [4.78, 5) is 7.48. The van der Waals surface area contributed by atoms with Gasteiger partial charge in [-0.15, -0.1) is 0 Å². The third-order valence-corrected chi connectivity index (χ3v) is 2.03. The number of alkyl halides is 3. The van der Waals surface area contributed by atoms with E-state index in [9.17, 15) is 13.2 Å². The SMILES string of the molecule is COc1cc(-n2ccc(C(F)(F)F)n2)nc(N)n1. The predicted molar refractivity (Wildman–Crippen MR) is 55.1 cm³/mol. The van der Waals surface area contributed by atoms with Gasteiger partial charge in [0.15, 0.2) is 11.5 Å². The Morgan fingerprint density at radius 1 is 1.33 bits per heavy atom. The average molecular weight is 259 g/mol. The van der Waals surface area contributed by atoms with Crippen LogP contribution in [0.2, 0.25) is 0 Å². The molecule has 0 unspecified atom stereocenters. The van der Waals surface area contributed by atoms with Crippen molar-refractivity contribution in [2.24, 2.45) is 0 Å². The summed E-state index contributed by atoms with van der Waals surface area (Å²) < 4.78 is 42.9. The maximum atomic E-state index is 12.4. The lowest BCUT2D eigenvalue weighted by Crippen LogP contribution is -2.09. The van der Waals surface area contributed by atoms with Crippen LogP contribution in [0.5, 0.6) is 5.88 Å². The number of hydrogen-bond donors (Lipinski definition) is 1. The highest BCUT2D eigenvalue weighted by atomic mass is 19.4. The minimum absolute atomic E-state index is 0.0925. The van der Waals surface area contributed by atoms with Crippen molar-refractivity contribution < 1.29 is 17.9 Å². The first-order valence-electron chi connectivity index (χ1n) is 4.72. The number of ether oxygens (including phenoxy) is 1.